The lowest BCUT2D eigenvalue weighted by Gasteiger charge is -2.34. The van der Waals surface area contributed by atoms with Gasteiger partial charge in [0.05, 0.1) is 6.10 Å². The molecule has 0 bridgehead atoms. The first-order chi connectivity index (χ1) is 13.2. The molecule has 2 saturated heterocycles. The van der Waals surface area contributed by atoms with Crippen LogP contribution in [0, 0.1) is 0 Å². The van der Waals surface area contributed by atoms with E-state index in [1.807, 2.05) is 0 Å². The van der Waals surface area contributed by atoms with Crippen LogP contribution in [0.15, 0.2) is 35.3 Å². The summed E-state index contributed by atoms with van der Waals surface area (Å²) in [5, 5.41) is 13.1. The summed E-state index contributed by atoms with van der Waals surface area (Å²) in [6.07, 6.45) is 1.72. The van der Waals surface area contributed by atoms with Crippen LogP contribution in [0.1, 0.15) is 25.3 Å². The van der Waals surface area contributed by atoms with Gasteiger partial charge in [0.15, 0.2) is 5.96 Å². The van der Waals surface area contributed by atoms with E-state index in [1.165, 1.54) is 5.56 Å². The second-order valence-electron chi connectivity index (χ2n) is 7.58. The van der Waals surface area contributed by atoms with Gasteiger partial charge in [-0.1, -0.05) is 30.3 Å². The first-order valence-electron chi connectivity index (χ1n) is 10.4. The van der Waals surface area contributed by atoms with Gasteiger partial charge in [-0.25, -0.2) is 0 Å². The van der Waals surface area contributed by atoms with E-state index >= 15 is 0 Å². The zero-order valence-corrected chi connectivity index (χ0v) is 19.4. The zero-order valence-electron chi connectivity index (χ0n) is 17.1. The first-order valence-corrected chi connectivity index (χ1v) is 10.4. The molecular formula is C21H36IN5O. The van der Waals surface area contributed by atoms with Crippen LogP contribution in [-0.4, -0.2) is 90.8 Å². The van der Waals surface area contributed by atoms with Gasteiger partial charge in [-0.3, -0.25) is 9.89 Å². The number of β-amino-alcohol motifs (C(OH)–C–C–N with tert-alkyl or cyclic N) is 1. The molecule has 1 aromatic carbocycles. The SMILES string of the molecule is CCNC(=NCCCN1CCN(Cc2ccccc2)CC1)N1CC[C@@H](O)C1.I. The highest BCUT2D eigenvalue weighted by molar-refractivity contribution is 14.0. The normalized spacial score (nSPS) is 21.6. The molecule has 0 spiro atoms. The highest BCUT2D eigenvalue weighted by Crippen LogP contribution is 2.10. The van der Waals surface area contributed by atoms with E-state index < -0.39 is 0 Å². The fraction of sp³-hybridized carbons (Fsp3) is 0.667. The van der Waals surface area contributed by atoms with E-state index in [0.717, 1.165) is 77.7 Å². The molecule has 0 radical (unpaired) electrons. The number of aliphatic imine (C=N–C) groups is 1. The van der Waals surface area contributed by atoms with Crippen molar-refractivity contribution in [3.8, 4) is 0 Å². The Morgan fingerprint density at radius 2 is 1.82 bits per heavy atom. The molecule has 3 rings (SSSR count). The molecule has 0 saturated carbocycles. The third-order valence-electron chi connectivity index (χ3n) is 5.41. The summed E-state index contributed by atoms with van der Waals surface area (Å²) >= 11 is 0. The number of nitrogens with one attached hydrogen (secondary N) is 1. The number of halogens is 1. The second kappa shape index (κ2) is 12.6. The lowest BCUT2D eigenvalue weighted by molar-refractivity contribution is 0.127. The Bertz CT molecular complexity index is 577. The molecule has 0 unspecified atom stereocenters. The molecule has 2 heterocycles. The van der Waals surface area contributed by atoms with Crippen molar-refractivity contribution in [3.05, 3.63) is 35.9 Å². The number of hydrogen-bond acceptors (Lipinski definition) is 4. The van der Waals surface area contributed by atoms with Gasteiger partial charge < -0.3 is 20.2 Å². The maximum absolute atomic E-state index is 9.74. The average molecular weight is 501 g/mol. The first kappa shape index (κ1) is 23.4. The Morgan fingerprint density at radius 1 is 1.11 bits per heavy atom. The molecule has 2 fully saturated rings. The Labute approximate surface area is 187 Å². The van der Waals surface area contributed by atoms with Crippen LogP contribution in [0.25, 0.3) is 0 Å². The van der Waals surface area contributed by atoms with E-state index in [-0.39, 0.29) is 30.1 Å². The van der Waals surface area contributed by atoms with Crippen LogP contribution in [0.3, 0.4) is 0 Å². The molecule has 28 heavy (non-hydrogen) atoms. The summed E-state index contributed by atoms with van der Waals surface area (Å²) in [6, 6.07) is 10.8. The number of hydrogen-bond donors (Lipinski definition) is 2. The molecule has 0 aromatic heterocycles. The van der Waals surface area contributed by atoms with Gasteiger partial charge in [0, 0.05) is 65.4 Å². The molecule has 2 N–H and O–H groups in total. The minimum absolute atomic E-state index is 0. The summed E-state index contributed by atoms with van der Waals surface area (Å²) in [5.74, 6) is 0.960. The van der Waals surface area contributed by atoms with Crippen molar-refractivity contribution in [3.63, 3.8) is 0 Å². The monoisotopic (exact) mass is 501 g/mol. The molecule has 2 aliphatic heterocycles. The molecule has 7 heteroatoms. The van der Waals surface area contributed by atoms with Crippen molar-refractivity contribution in [2.45, 2.75) is 32.4 Å². The van der Waals surface area contributed by atoms with E-state index in [2.05, 4.69) is 57.3 Å². The Kier molecular flexibility index (Phi) is 10.5. The maximum Gasteiger partial charge on any atom is 0.194 e. The van der Waals surface area contributed by atoms with Crippen molar-refractivity contribution in [2.24, 2.45) is 4.99 Å². The van der Waals surface area contributed by atoms with Crippen LogP contribution >= 0.6 is 24.0 Å². The molecular weight excluding hydrogens is 465 g/mol. The maximum atomic E-state index is 9.74. The predicted octanol–water partition coefficient (Wildman–Crippen LogP) is 1.84. The van der Waals surface area contributed by atoms with Crippen LogP contribution in [0.2, 0.25) is 0 Å². The van der Waals surface area contributed by atoms with Gasteiger partial charge >= 0.3 is 0 Å². The number of rotatable bonds is 7. The Balaban J connectivity index is 0.00000280. The summed E-state index contributed by atoms with van der Waals surface area (Å²) in [4.78, 5) is 12.1. The lowest BCUT2D eigenvalue weighted by atomic mass is 10.2. The zero-order chi connectivity index (χ0) is 18.9. The molecule has 1 atom stereocenters. The van der Waals surface area contributed by atoms with Gasteiger partial charge in [-0.2, -0.15) is 0 Å². The number of piperazine rings is 1. The quantitative estimate of drug-likeness (QED) is 0.259. The Hall–Kier alpha value is -0.900. The highest BCUT2D eigenvalue weighted by Gasteiger charge is 2.22. The van der Waals surface area contributed by atoms with Crippen molar-refractivity contribution < 1.29 is 5.11 Å². The molecule has 0 amide bonds. The summed E-state index contributed by atoms with van der Waals surface area (Å²) in [7, 11) is 0. The van der Waals surface area contributed by atoms with Gasteiger partial charge in [0.2, 0.25) is 0 Å². The molecule has 158 valence electrons. The van der Waals surface area contributed by atoms with E-state index in [0.29, 0.717) is 6.54 Å². The minimum atomic E-state index is -0.207. The van der Waals surface area contributed by atoms with Gasteiger partial charge in [0.25, 0.3) is 0 Å². The van der Waals surface area contributed by atoms with Crippen molar-refractivity contribution in [1.82, 2.24) is 20.0 Å². The number of likely N-dealkylation sites (tertiary alicyclic amines) is 1. The van der Waals surface area contributed by atoms with Gasteiger partial charge in [-0.05, 0) is 25.3 Å². The number of nitrogens with zero attached hydrogens (tertiary/aromatic N) is 4. The fourth-order valence-corrected chi connectivity index (χ4v) is 3.85. The third-order valence-corrected chi connectivity index (χ3v) is 5.41. The number of benzene rings is 1. The number of guanidine groups is 1. The van der Waals surface area contributed by atoms with Gasteiger partial charge in [0.1, 0.15) is 0 Å². The van der Waals surface area contributed by atoms with Crippen LogP contribution in [0.4, 0.5) is 0 Å². The molecule has 2 aliphatic rings. The highest BCUT2D eigenvalue weighted by atomic mass is 127. The molecule has 6 nitrogen and oxygen atoms in total. The number of aliphatic hydroxyl groups excluding tert-OH is 1. The second-order valence-corrected chi connectivity index (χ2v) is 7.58. The predicted molar refractivity (Wildman–Crippen MR) is 126 cm³/mol. The largest absolute Gasteiger partial charge is 0.391 e. The van der Waals surface area contributed by atoms with Crippen LogP contribution in [0.5, 0.6) is 0 Å². The van der Waals surface area contributed by atoms with E-state index in [9.17, 15) is 5.11 Å². The lowest BCUT2D eigenvalue weighted by Crippen LogP contribution is -2.46. The summed E-state index contributed by atoms with van der Waals surface area (Å²) in [5.41, 5.74) is 1.41. The van der Waals surface area contributed by atoms with Crippen LogP contribution in [-0.2, 0) is 6.54 Å². The minimum Gasteiger partial charge on any atom is -0.391 e. The fourth-order valence-electron chi connectivity index (χ4n) is 3.85. The molecule has 1 aromatic rings. The third kappa shape index (κ3) is 7.50. The van der Waals surface area contributed by atoms with Crippen LogP contribution < -0.4 is 5.32 Å². The topological polar surface area (TPSA) is 54.3 Å². The smallest absolute Gasteiger partial charge is 0.194 e. The van der Waals surface area contributed by atoms with E-state index in [4.69, 9.17) is 4.99 Å². The summed E-state index contributed by atoms with van der Waals surface area (Å²) < 4.78 is 0. The average Bonchev–Trinajstić information content (AvgIpc) is 3.12. The van der Waals surface area contributed by atoms with E-state index in [1.54, 1.807) is 0 Å². The van der Waals surface area contributed by atoms with Gasteiger partial charge in [-0.15, -0.1) is 24.0 Å². The standard InChI is InChI=1S/C21H35N5O.HI/c1-2-22-21(26-12-9-20(27)18-26)23-10-6-11-24-13-15-25(16-14-24)17-19-7-4-3-5-8-19;/h3-5,7-8,20,27H,2,6,9-18H2,1H3,(H,22,23);1H/t20-;/m1./s1. The van der Waals surface area contributed by atoms with Crippen molar-refractivity contribution >= 4 is 29.9 Å². The van der Waals surface area contributed by atoms with Crippen molar-refractivity contribution in [2.75, 3.05) is 58.9 Å². The number of aliphatic hydroxyl groups is 1. The summed E-state index contributed by atoms with van der Waals surface area (Å²) in [6.45, 7) is 12.2. The Morgan fingerprint density at radius 3 is 2.46 bits per heavy atom. The molecule has 0 aliphatic carbocycles. The van der Waals surface area contributed by atoms with Crippen molar-refractivity contribution in [1.29, 1.82) is 0 Å².